The van der Waals surface area contributed by atoms with Crippen molar-refractivity contribution in [2.45, 2.75) is 23.6 Å². The topological polar surface area (TPSA) is 163 Å². The van der Waals surface area contributed by atoms with Crippen LogP contribution in [0.5, 0.6) is 11.6 Å². The van der Waals surface area contributed by atoms with Gasteiger partial charge in [0.2, 0.25) is 5.88 Å². The summed E-state index contributed by atoms with van der Waals surface area (Å²) in [6, 6.07) is 15.4. The number of nitrogens with zero attached hydrogens (tertiary/aromatic N) is 4. The molecule has 4 rings (SSSR count). The Bertz CT molecular complexity index is 1720. The minimum atomic E-state index is -4.93. The molecular weight excluding hydrogens is 567 g/mol. The first kappa shape index (κ1) is 29.8. The fourth-order valence-corrected chi connectivity index (χ4v) is 5.06. The van der Waals surface area contributed by atoms with Gasteiger partial charge < -0.3 is 13.8 Å². The fraction of sp³-hybridized carbons (Fsp3) is 0.0870. The van der Waals surface area contributed by atoms with E-state index in [4.69, 9.17) is 15.8 Å². The minimum absolute atomic E-state index is 0. The average Bonchev–Trinajstić information content (AvgIpc) is 3.11. The summed E-state index contributed by atoms with van der Waals surface area (Å²) >= 11 is 5.82. The van der Waals surface area contributed by atoms with E-state index in [1.165, 1.54) is 55.5 Å². The molecule has 0 saturated carbocycles. The number of hydrogen-bond donors (Lipinski definition) is 1. The third kappa shape index (κ3) is 6.61. The number of halogens is 1. The Hall–Kier alpha value is -2.78. The van der Waals surface area contributed by atoms with Crippen molar-refractivity contribution < 1.29 is 60.2 Å². The largest absolute Gasteiger partial charge is 1.00 e. The van der Waals surface area contributed by atoms with Gasteiger partial charge in [0.25, 0.3) is 0 Å². The van der Waals surface area contributed by atoms with Gasteiger partial charge in [-0.15, -0.1) is 5.11 Å². The normalized spacial score (nSPS) is 11.9. The maximum atomic E-state index is 12.4. The first-order valence-corrected chi connectivity index (χ1v) is 13.6. The standard InChI is InChI=1S/C23H19ClN4O7S2.Na/c1-14-3-10-19(11-4-14)37(33,34)35-18-8-6-17(7-9-18)25-26-22-15(2)27-28(23(22)29)20-12-5-16(24)13-21(20)36(30,31)32;/h3-13,29H,1-2H3,(H,30,31,32);/q;+1/p-1/b26-25+;. The Morgan fingerprint density at radius 2 is 1.58 bits per heavy atom. The molecule has 192 valence electrons. The number of aromatic hydroxyl groups is 1. The smallest absolute Gasteiger partial charge is 0.744 e. The molecular formula is C23H18ClN4NaO7S2. The summed E-state index contributed by atoms with van der Waals surface area (Å²) in [6.07, 6.45) is 0. The van der Waals surface area contributed by atoms with Crippen molar-refractivity contribution in [3.8, 4) is 17.3 Å². The number of rotatable bonds is 7. The van der Waals surface area contributed by atoms with Crippen molar-refractivity contribution >= 4 is 43.2 Å². The Morgan fingerprint density at radius 3 is 2.18 bits per heavy atom. The van der Waals surface area contributed by atoms with Crippen LogP contribution >= 0.6 is 11.6 Å². The maximum absolute atomic E-state index is 12.4. The molecule has 0 spiro atoms. The van der Waals surface area contributed by atoms with Gasteiger partial charge in [0, 0.05) is 5.02 Å². The van der Waals surface area contributed by atoms with Gasteiger partial charge in [0.15, 0.2) is 5.69 Å². The number of aromatic nitrogens is 2. The van der Waals surface area contributed by atoms with E-state index in [2.05, 4.69) is 15.3 Å². The minimum Gasteiger partial charge on any atom is -0.744 e. The van der Waals surface area contributed by atoms with E-state index >= 15 is 0 Å². The average molecular weight is 585 g/mol. The SMILES string of the molecule is Cc1ccc(S(=O)(=O)Oc2ccc(/N=N/c3c(C)nn(-c4ccc(Cl)cc4S(=O)(=O)[O-])c3O)cc2)cc1.[Na+]. The molecule has 0 unspecified atom stereocenters. The molecule has 0 aliphatic carbocycles. The van der Waals surface area contributed by atoms with E-state index in [-0.39, 0.29) is 62.3 Å². The summed E-state index contributed by atoms with van der Waals surface area (Å²) in [7, 11) is -8.95. The Kier molecular flexibility index (Phi) is 9.04. The van der Waals surface area contributed by atoms with Gasteiger partial charge in [-0.2, -0.15) is 23.3 Å². The van der Waals surface area contributed by atoms with Crippen LogP contribution in [0.1, 0.15) is 11.3 Å². The second kappa shape index (κ2) is 11.5. The predicted molar refractivity (Wildman–Crippen MR) is 133 cm³/mol. The molecule has 0 fully saturated rings. The van der Waals surface area contributed by atoms with E-state index in [0.717, 1.165) is 16.3 Å². The first-order valence-electron chi connectivity index (χ1n) is 10.4. The van der Waals surface area contributed by atoms with E-state index < -0.39 is 31.0 Å². The quantitative estimate of drug-likeness (QED) is 0.149. The molecule has 4 aromatic rings. The van der Waals surface area contributed by atoms with Crippen LogP contribution in [-0.4, -0.2) is 36.3 Å². The summed E-state index contributed by atoms with van der Waals surface area (Å²) in [5, 5.41) is 22.7. The summed E-state index contributed by atoms with van der Waals surface area (Å²) in [6.45, 7) is 3.33. The van der Waals surface area contributed by atoms with Gasteiger partial charge in [-0.1, -0.05) is 29.3 Å². The van der Waals surface area contributed by atoms with Gasteiger partial charge in [-0.05, 0) is 68.4 Å². The van der Waals surface area contributed by atoms with Crippen molar-refractivity contribution in [2.24, 2.45) is 10.2 Å². The third-order valence-electron chi connectivity index (χ3n) is 5.04. The molecule has 0 atom stereocenters. The van der Waals surface area contributed by atoms with Gasteiger partial charge in [-0.25, -0.2) is 8.42 Å². The molecule has 0 amide bonds. The zero-order chi connectivity index (χ0) is 27.0. The summed E-state index contributed by atoms with van der Waals surface area (Å²) in [5.74, 6) is -0.502. The van der Waals surface area contributed by atoms with E-state index in [1.807, 2.05) is 6.92 Å². The molecule has 38 heavy (non-hydrogen) atoms. The van der Waals surface area contributed by atoms with Crippen LogP contribution in [0.2, 0.25) is 5.02 Å². The van der Waals surface area contributed by atoms with E-state index in [1.54, 1.807) is 12.1 Å². The monoisotopic (exact) mass is 584 g/mol. The molecule has 1 aromatic heterocycles. The van der Waals surface area contributed by atoms with Crippen LogP contribution in [0.3, 0.4) is 0 Å². The summed E-state index contributed by atoms with van der Waals surface area (Å²) < 4.78 is 65.9. The molecule has 0 bridgehead atoms. The Morgan fingerprint density at radius 1 is 0.947 bits per heavy atom. The molecule has 15 heteroatoms. The number of hydrogen-bond acceptors (Lipinski definition) is 10. The third-order valence-corrected chi connectivity index (χ3v) is 7.40. The van der Waals surface area contributed by atoms with Crippen LogP contribution in [-0.2, 0) is 20.2 Å². The number of azo groups is 1. The number of aryl methyl sites for hydroxylation is 2. The molecule has 0 aliphatic heterocycles. The van der Waals surface area contributed by atoms with Gasteiger partial charge in [0.1, 0.15) is 20.8 Å². The second-order valence-corrected chi connectivity index (χ2v) is 11.1. The van der Waals surface area contributed by atoms with Crippen LogP contribution in [0, 0.1) is 13.8 Å². The molecule has 1 N–H and O–H groups in total. The Labute approximate surface area is 245 Å². The maximum Gasteiger partial charge on any atom is 1.00 e. The Balaban J connectivity index is 0.00000400. The number of benzene rings is 3. The molecule has 0 aliphatic rings. The zero-order valence-corrected chi connectivity index (χ0v) is 24.6. The summed E-state index contributed by atoms with van der Waals surface area (Å²) in [5.41, 5.74) is 1.10. The van der Waals surface area contributed by atoms with Gasteiger partial charge in [0.05, 0.1) is 22.0 Å². The zero-order valence-electron chi connectivity index (χ0n) is 20.2. The van der Waals surface area contributed by atoms with Gasteiger partial charge in [-0.3, -0.25) is 0 Å². The molecule has 0 radical (unpaired) electrons. The molecule has 0 saturated heterocycles. The van der Waals surface area contributed by atoms with Crippen LogP contribution in [0.25, 0.3) is 5.69 Å². The fourth-order valence-electron chi connectivity index (χ4n) is 3.21. The second-order valence-electron chi connectivity index (χ2n) is 7.78. The molecule has 1 heterocycles. The van der Waals surface area contributed by atoms with Crippen LogP contribution < -0.4 is 33.7 Å². The molecule has 3 aromatic carbocycles. The van der Waals surface area contributed by atoms with Gasteiger partial charge >= 0.3 is 39.7 Å². The summed E-state index contributed by atoms with van der Waals surface area (Å²) in [4.78, 5) is -0.657. The van der Waals surface area contributed by atoms with Crippen LogP contribution in [0.4, 0.5) is 11.4 Å². The van der Waals surface area contributed by atoms with Crippen molar-refractivity contribution in [3.63, 3.8) is 0 Å². The van der Waals surface area contributed by atoms with Crippen LogP contribution in [0.15, 0.2) is 86.7 Å². The van der Waals surface area contributed by atoms with E-state index in [0.29, 0.717) is 5.69 Å². The van der Waals surface area contributed by atoms with Crippen molar-refractivity contribution in [2.75, 3.05) is 0 Å². The predicted octanol–water partition coefficient (Wildman–Crippen LogP) is 1.94. The van der Waals surface area contributed by atoms with Crippen molar-refractivity contribution in [1.29, 1.82) is 0 Å². The van der Waals surface area contributed by atoms with Crippen molar-refractivity contribution in [3.05, 3.63) is 83.0 Å². The van der Waals surface area contributed by atoms with Crippen molar-refractivity contribution in [1.82, 2.24) is 9.78 Å². The molecule has 11 nitrogen and oxygen atoms in total. The van der Waals surface area contributed by atoms with E-state index in [9.17, 15) is 26.5 Å². The first-order chi connectivity index (χ1) is 17.3.